The summed E-state index contributed by atoms with van der Waals surface area (Å²) in [6.07, 6.45) is 4.22. The highest BCUT2D eigenvalue weighted by Crippen LogP contribution is 2.28. The van der Waals surface area contributed by atoms with Crippen molar-refractivity contribution in [2.75, 3.05) is 24.2 Å². The van der Waals surface area contributed by atoms with Crippen molar-refractivity contribution in [1.82, 2.24) is 5.32 Å². The molecule has 0 atom stereocenters. The Morgan fingerprint density at radius 3 is 2.82 bits per heavy atom. The molecule has 5 nitrogen and oxygen atoms in total. The molecule has 6 heteroatoms. The Kier molecular flexibility index (Phi) is 4.49. The summed E-state index contributed by atoms with van der Waals surface area (Å²) in [5, 5.41) is 6.15. The Morgan fingerprint density at radius 1 is 1.27 bits per heavy atom. The van der Waals surface area contributed by atoms with Gasteiger partial charge in [0.05, 0.1) is 10.6 Å². The van der Waals surface area contributed by atoms with Crippen LogP contribution in [0.5, 0.6) is 0 Å². The van der Waals surface area contributed by atoms with E-state index < -0.39 is 9.84 Å². The molecule has 0 aliphatic carbocycles. The first-order valence-electron chi connectivity index (χ1n) is 7.91. The van der Waals surface area contributed by atoms with Gasteiger partial charge in [0.1, 0.15) is 0 Å². The number of amides is 1. The van der Waals surface area contributed by atoms with Crippen LogP contribution in [0.25, 0.3) is 0 Å². The lowest BCUT2D eigenvalue weighted by Gasteiger charge is -2.22. The average Bonchev–Trinajstić information content (AvgIpc) is 2.82. The molecule has 0 spiro atoms. The highest BCUT2D eigenvalue weighted by atomic mass is 32.2. The minimum absolute atomic E-state index is 0.0334. The molecule has 22 heavy (non-hydrogen) atoms. The van der Waals surface area contributed by atoms with Crippen molar-refractivity contribution in [3.8, 4) is 0 Å². The van der Waals surface area contributed by atoms with Gasteiger partial charge in [-0.1, -0.05) is 6.07 Å². The van der Waals surface area contributed by atoms with Gasteiger partial charge in [0.15, 0.2) is 9.84 Å². The standard InChI is InChI=1S/C16H22N2O3S/c19-16(4-1-12-5-8-17-9-6-12)18-14-3-2-13-7-10-22(20,21)15(13)11-14/h2-3,11-12,17H,1,4-10H2,(H,18,19). The van der Waals surface area contributed by atoms with Crippen LogP contribution < -0.4 is 10.6 Å². The average molecular weight is 322 g/mol. The van der Waals surface area contributed by atoms with Gasteiger partial charge in [-0.2, -0.15) is 0 Å². The molecular formula is C16H22N2O3S. The number of anilines is 1. The van der Waals surface area contributed by atoms with Gasteiger partial charge in [-0.05, 0) is 62.4 Å². The number of sulfone groups is 1. The number of nitrogens with one attached hydrogen (secondary N) is 2. The summed E-state index contributed by atoms with van der Waals surface area (Å²) in [6, 6.07) is 5.20. The third-order valence-electron chi connectivity index (χ3n) is 4.56. The second kappa shape index (κ2) is 6.38. The monoisotopic (exact) mass is 322 g/mol. The van der Waals surface area contributed by atoms with Crippen LogP contribution in [0, 0.1) is 5.92 Å². The van der Waals surface area contributed by atoms with Crippen LogP contribution in [-0.2, 0) is 21.1 Å². The summed E-state index contributed by atoms with van der Waals surface area (Å²) in [4.78, 5) is 12.4. The molecule has 120 valence electrons. The number of carbonyl (C=O) groups is 1. The van der Waals surface area contributed by atoms with Gasteiger partial charge in [0.2, 0.25) is 5.91 Å². The van der Waals surface area contributed by atoms with Crippen LogP contribution in [0.4, 0.5) is 5.69 Å². The second-order valence-electron chi connectivity index (χ2n) is 6.17. The van der Waals surface area contributed by atoms with Crippen LogP contribution in [0.2, 0.25) is 0 Å². The highest BCUT2D eigenvalue weighted by molar-refractivity contribution is 7.91. The molecule has 1 aromatic rings. The Balaban J connectivity index is 1.58. The summed E-state index contributed by atoms with van der Waals surface area (Å²) >= 11 is 0. The first-order valence-corrected chi connectivity index (χ1v) is 9.56. The topological polar surface area (TPSA) is 75.3 Å². The maximum atomic E-state index is 12.0. The number of aryl methyl sites for hydroxylation is 1. The number of hydrogen-bond donors (Lipinski definition) is 2. The Hall–Kier alpha value is -1.40. The SMILES string of the molecule is O=C(CCC1CCNCC1)Nc1ccc2c(c1)S(=O)(=O)CC2. The van der Waals surface area contributed by atoms with Crippen LogP contribution in [-0.4, -0.2) is 33.2 Å². The molecule has 0 radical (unpaired) electrons. The van der Waals surface area contributed by atoms with Gasteiger partial charge >= 0.3 is 0 Å². The summed E-state index contributed by atoms with van der Waals surface area (Å²) in [6.45, 7) is 2.07. The molecule has 1 saturated heterocycles. The second-order valence-corrected chi connectivity index (χ2v) is 8.25. The maximum Gasteiger partial charge on any atom is 0.224 e. The zero-order chi connectivity index (χ0) is 15.6. The number of rotatable bonds is 4. The number of benzene rings is 1. The van der Waals surface area contributed by atoms with E-state index in [9.17, 15) is 13.2 Å². The van der Waals surface area contributed by atoms with Crippen LogP contribution >= 0.6 is 0 Å². The maximum absolute atomic E-state index is 12.0. The Bertz CT molecular complexity index is 664. The molecule has 3 rings (SSSR count). The molecule has 1 aromatic carbocycles. The van der Waals surface area contributed by atoms with Crippen molar-refractivity contribution < 1.29 is 13.2 Å². The van der Waals surface area contributed by atoms with E-state index in [1.165, 1.54) is 0 Å². The van der Waals surface area contributed by atoms with Gasteiger partial charge in [-0.3, -0.25) is 4.79 Å². The van der Waals surface area contributed by atoms with Crippen molar-refractivity contribution in [2.45, 2.75) is 37.0 Å². The summed E-state index contributed by atoms with van der Waals surface area (Å²) in [5.41, 5.74) is 1.44. The molecule has 2 aliphatic rings. The van der Waals surface area contributed by atoms with E-state index in [1.807, 2.05) is 6.07 Å². The smallest absolute Gasteiger partial charge is 0.224 e. The van der Waals surface area contributed by atoms with E-state index in [0.717, 1.165) is 37.9 Å². The normalized spacial score (nSPS) is 20.5. The molecule has 0 aromatic heterocycles. The third-order valence-corrected chi connectivity index (χ3v) is 6.36. The molecular weight excluding hydrogens is 300 g/mol. The molecule has 2 heterocycles. The summed E-state index contributed by atoms with van der Waals surface area (Å²) in [7, 11) is -3.15. The predicted molar refractivity (Wildman–Crippen MR) is 85.7 cm³/mol. The van der Waals surface area contributed by atoms with Crippen molar-refractivity contribution in [1.29, 1.82) is 0 Å². The van der Waals surface area contributed by atoms with E-state index in [0.29, 0.717) is 29.3 Å². The van der Waals surface area contributed by atoms with Crippen LogP contribution in [0.1, 0.15) is 31.2 Å². The zero-order valence-electron chi connectivity index (χ0n) is 12.6. The molecule has 0 bridgehead atoms. The predicted octanol–water partition coefficient (Wildman–Crippen LogP) is 1.73. The number of piperidine rings is 1. The Morgan fingerprint density at radius 2 is 2.05 bits per heavy atom. The largest absolute Gasteiger partial charge is 0.326 e. The fraction of sp³-hybridized carbons (Fsp3) is 0.562. The zero-order valence-corrected chi connectivity index (χ0v) is 13.4. The molecule has 1 amide bonds. The lowest BCUT2D eigenvalue weighted by Crippen LogP contribution is -2.28. The van der Waals surface area contributed by atoms with Gasteiger partial charge in [0, 0.05) is 12.1 Å². The van der Waals surface area contributed by atoms with Gasteiger partial charge in [-0.25, -0.2) is 8.42 Å². The van der Waals surface area contributed by atoms with E-state index in [2.05, 4.69) is 10.6 Å². The number of hydrogen-bond acceptors (Lipinski definition) is 4. The number of carbonyl (C=O) groups excluding carboxylic acids is 1. The molecule has 0 saturated carbocycles. The first-order chi connectivity index (χ1) is 10.5. The molecule has 2 aliphatic heterocycles. The molecule has 0 unspecified atom stereocenters. The van der Waals surface area contributed by atoms with Crippen LogP contribution in [0.3, 0.4) is 0 Å². The number of fused-ring (bicyclic) bond motifs is 1. The highest BCUT2D eigenvalue weighted by Gasteiger charge is 2.26. The quantitative estimate of drug-likeness (QED) is 0.885. The fourth-order valence-corrected chi connectivity index (χ4v) is 4.80. The van der Waals surface area contributed by atoms with Gasteiger partial charge in [-0.15, -0.1) is 0 Å². The molecule has 1 fully saturated rings. The van der Waals surface area contributed by atoms with E-state index >= 15 is 0 Å². The first kappa shape index (κ1) is 15.5. The minimum atomic E-state index is -3.15. The lowest BCUT2D eigenvalue weighted by atomic mass is 9.93. The summed E-state index contributed by atoms with van der Waals surface area (Å²) in [5.74, 6) is 0.761. The van der Waals surface area contributed by atoms with Crippen molar-refractivity contribution in [2.24, 2.45) is 5.92 Å². The third kappa shape index (κ3) is 3.50. The molecule has 2 N–H and O–H groups in total. The van der Waals surface area contributed by atoms with E-state index in [-0.39, 0.29) is 11.7 Å². The van der Waals surface area contributed by atoms with E-state index in [4.69, 9.17) is 0 Å². The fourth-order valence-electron chi connectivity index (χ4n) is 3.21. The van der Waals surface area contributed by atoms with Gasteiger partial charge in [0.25, 0.3) is 0 Å². The minimum Gasteiger partial charge on any atom is -0.326 e. The van der Waals surface area contributed by atoms with E-state index in [1.54, 1.807) is 12.1 Å². The lowest BCUT2D eigenvalue weighted by molar-refractivity contribution is -0.116. The van der Waals surface area contributed by atoms with Crippen molar-refractivity contribution in [3.05, 3.63) is 23.8 Å². The van der Waals surface area contributed by atoms with Crippen molar-refractivity contribution >= 4 is 21.4 Å². The van der Waals surface area contributed by atoms with Gasteiger partial charge < -0.3 is 10.6 Å². The Labute approximate surface area is 131 Å². The van der Waals surface area contributed by atoms with Crippen LogP contribution in [0.15, 0.2) is 23.1 Å². The summed E-state index contributed by atoms with van der Waals surface area (Å²) < 4.78 is 23.8. The van der Waals surface area contributed by atoms with Crippen molar-refractivity contribution in [3.63, 3.8) is 0 Å².